The molecule has 0 amide bonds. The summed E-state index contributed by atoms with van der Waals surface area (Å²) in [5, 5.41) is 3.50. The van der Waals surface area contributed by atoms with Crippen molar-refractivity contribution in [2.75, 3.05) is 6.61 Å². The van der Waals surface area contributed by atoms with Gasteiger partial charge in [0.15, 0.2) is 6.10 Å². The molecule has 144 valence electrons. The summed E-state index contributed by atoms with van der Waals surface area (Å²) in [6, 6.07) is -1.29. The quantitative estimate of drug-likeness (QED) is 0.210. The third-order valence-corrected chi connectivity index (χ3v) is 3.14. The van der Waals surface area contributed by atoms with Crippen LogP contribution in [0.3, 0.4) is 0 Å². The van der Waals surface area contributed by atoms with Gasteiger partial charge in [-0.2, -0.15) is 0 Å². The van der Waals surface area contributed by atoms with E-state index in [4.69, 9.17) is 29.2 Å². The highest BCUT2D eigenvalue weighted by atomic mass is 16.7. The Hall–Kier alpha value is -2.85. The third-order valence-electron chi connectivity index (χ3n) is 3.14. The lowest BCUT2D eigenvalue weighted by Gasteiger charge is -2.42. The van der Waals surface area contributed by atoms with Crippen molar-refractivity contribution in [1.29, 1.82) is 0 Å². The van der Waals surface area contributed by atoms with Crippen LogP contribution in [0.4, 0.5) is 0 Å². The van der Waals surface area contributed by atoms with Gasteiger partial charge >= 0.3 is 23.9 Å². The Morgan fingerprint density at radius 2 is 1.46 bits per heavy atom. The topological polar surface area (TPSA) is 163 Å². The van der Waals surface area contributed by atoms with Gasteiger partial charge in [-0.3, -0.25) is 19.2 Å². The monoisotopic (exact) mass is 373 g/mol. The van der Waals surface area contributed by atoms with Crippen molar-refractivity contribution in [3.8, 4) is 0 Å². The van der Waals surface area contributed by atoms with Crippen LogP contribution in [0.5, 0.6) is 0 Å². The molecule has 1 rings (SSSR count). The van der Waals surface area contributed by atoms with Crippen molar-refractivity contribution < 1.29 is 42.9 Å². The average Bonchev–Trinajstić information content (AvgIpc) is 2.50. The maximum Gasteiger partial charge on any atom is 0.305 e. The van der Waals surface area contributed by atoms with Crippen LogP contribution in [0.1, 0.15) is 27.7 Å². The molecule has 26 heavy (non-hydrogen) atoms. The Balaban J connectivity index is 3.27. The SMILES string of the molecule is CC(=O)OCC1O[C@H](OC(C)=O)C(OC(C)=O)[C@@H](N=[N+]=[N-])[C@@H]1OC(C)=O. The summed E-state index contributed by atoms with van der Waals surface area (Å²) in [5.41, 5.74) is 8.84. The van der Waals surface area contributed by atoms with Gasteiger partial charge in [0.2, 0.25) is 6.29 Å². The number of hydrogen-bond donors (Lipinski definition) is 0. The lowest BCUT2D eigenvalue weighted by atomic mass is 9.96. The van der Waals surface area contributed by atoms with Crippen LogP contribution in [-0.4, -0.2) is 61.1 Å². The molecule has 0 spiro atoms. The fourth-order valence-corrected chi connectivity index (χ4v) is 2.33. The van der Waals surface area contributed by atoms with Crippen molar-refractivity contribution in [2.45, 2.75) is 58.3 Å². The molecule has 1 aliphatic rings. The minimum Gasteiger partial charge on any atom is -0.463 e. The molecule has 0 bridgehead atoms. The fourth-order valence-electron chi connectivity index (χ4n) is 2.33. The first kappa shape index (κ1) is 21.2. The smallest absolute Gasteiger partial charge is 0.305 e. The number of hydrogen-bond acceptors (Lipinski definition) is 10. The molecule has 1 aliphatic heterocycles. The van der Waals surface area contributed by atoms with Gasteiger partial charge in [0.05, 0.1) is 0 Å². The van der Waals surface area contributed by atoms with Crippen molar-refractivity contribution in [2.24, 2.45) is 5.11 Å². The Morgan fingerprint density at radius 1 is 0.923 bits per heavy atom. The van der Waals surface area contributed by atoms with Crippen molar-refractivity contribution in [3.05, 3.63) is 10.4 Å². The van der Waals surface area contributed by atoms with Crippen molar-refractivity contribution in [3.63, 3.8) is 0 Å². The summed E-state index contributed by atoms with van der Waals surface area (Å²) in [6.45, 7) is 4.06. The van der Waals surface area contributed by atoms with E-state index in [9.17, 15) is 19.2 Å². The number of ether oxygens (including phenoxy) is 5. The van der Waals surface area contributed by atoms with Gasteiger partial charge < -0.3 is 23.7 Å². The molecule has 1 fully saturated rings. The van der Waals surface area contributed by atoms with Gasteiger partial charge in [-0.25, -0.2) is 0 Å². The zero-order valence-electron chi connectivity index (χ0n) is 14.6. The first-order valence-corrected chi connectivity index (χ1v) is 7.50. The standard InChI is InChI=1S/C14H19N3O9/c1-6(18)22-5-10-12(23-7(2)19)11(16-17-15)13(24-8(3)20)14(26-10)25-9(4)21/h10-14H,5H2,1-4H3/t10?,11-,12+,13?,14-/m0/s1. The Kier molecular flexibility index (Phi) is 7.81. The second-order valence-electron chi connectivity index (χ2n) is 5.30. The van der Waals surface area contributed by atoms with Gasteiger partial charge in [0, 0.05) is 32.6 Å². The number of rotatable bonds is 6. The average molecular weight is 373 g/mol. The molecular formula is C14H19N3O9. The highest BCUT2D eigenvalue weighted by molar-refractivity contribution is 5.68. The van der Waals surface area contributed by atoms with E-state index in [-0.39, 0.29) is 6.61 Å². The van der Waals surface area contributed by atoms with Crippen LogP contribution >= 0.6 is 0 Å². The second kappa shape index (κ2) is 9.59. The highest BCUT2D eigenvalue weighted by Crippen LogP contribution is 2.29. The maximum atomic E-state index is 11.4. The third kappa shape index (κ3) is 6.22. The molecule has 2 unspecified atom stereocenters. The van der Waals surface area contributed by atoms with Crippen LogP contribution in [0.25, 0.3) is 10.4 Å². The normalized spacial score (nSPS) is 27.5. The summed E-state index contributed by atoms with van der Waals surface area (Å²) >= 11 is 0. The van der Waals surface area contributed by atoms with E-state index in [1.807, 2.05) is 0 Å². The van der Waals surface area contributed by atoms with Crippen LogP contribution in [-0.2, 0) is 42.9 Å². The van der Waals surface area contributed by atoms with Crippen LogP contribution < -0.4 is 0 Å². The predicted octanol–water partition coefficient (Wildman–Crippen LogP) is 0.380. The number of carbonyl (C=O) groups is 4. The first-order chi connectivity index (χ1) is 12.1. The summed E-state index contributed by atoms with van der Waals surface area (Å²) in [6.07, 6.45) is -5.21. The molecular weight excluding hydrogens is 354 g/mol. The number of esters is 4. The van der Waals surface area contributed by atoms with E-state index >= 15 is 0 Å². The molecule has 0 radical (unpaired) electrons. The van der Waals surface area contributed by atoms with E-state index in [2.05, 4.69) is 10.0 Å². The van der Waals surface area contributed by atoms with Crippen molar-refractivity contribution >= 4 is 23.9 Å². The Labute approximate surface area is 148 Å². The lowest BCUT2D eigenvalue weighted by Crippen LogP contribution is -2.61. The summed E-state index contributed by atoms with van der Waals surface area (Å²) < 4.78 is 25.5. The van der Waals surface area contributed by atoms with E-state index in [1.165, 1.54) is 0 Å². The molecule has 12 heteroatoms. The van der Waals surface area contributed by atoms with E-state index < -0.39 is 54.5 Å². The zero-order chi connectivity index (χ0) is 19.9. The lowest BCUT2D eigenvalue weighted by molar-refractivity contribution is -0.275. The fraction of sp³-hybridized carbons (Fsp3) is 0.714. The Morgan fingerprint density at radius 3 is 1.92 bits per heavy atom. The summed E-state index contributed by atoms with van der Waals surface area (Å²) in [7, 11) is 0. The summed E-state index contributed by atoms with van der Waals surface area (Å²) in [4.78, 5) is 47.9. The number of azide groups is 1. The number of carbonyl (C=O) groups excluding carboxylic acids is 4. The molecule has 5 atom stereocenters. The van der Waals surface area contributed by atoms with Gasteiger partial charge in [0.25, 0.3) is 0 Å². The summed E-state index contributed by atoms with van der Waals surface area (Å²) in [5.74, 6) is -2.91. The highest BCUT2D eigenvalue weighted by Gasteiger charge is 2.51. The van der Waals surface area contributed by atoms with E-state index in [1.54, 1.807) is 0 Å². The van der Waals surface area contributed by atoms with Gasteiger partial charge in [-0.05, 0) is 5.53 Å². The predicted molar refractivity (Wildman–Crippen MR) is 81.1 cm³/mol. The molecule has 12 nitrogen and oxygen atoms in total. The Bertz CT molecular complexity index is 617. The molecule has 0 aromatic carbocycles. The second-order valence-corrected chi connectivity index (χ2v) is 5.30. The first-order valence-electron chi connectivity index (χ1n) is 7.50. The molecule has 1 heterocycles. The van der Waals surface area contributed by atoms with Crippen molar-refractivity contribution in [1.82, 2.24) is 0 Å². The van der Waals surface area contributed by atoms with E-state index in [0.29, 0.717) is 0 Å². The molecule has 1 saturated heterocycles. The van der Waals surface area contributed by atoms with Gasteiger partial charge in [-0.15, -0.1) is 0 Å². The van der Waals surface area contributed by atoms with E-state index in [0.717, 1.165) is 27.7 Å². The van der Waals surface area contributed by atoms with Gasteiger partial charge in [0.1, 0.15) is 24.9 Å². The van der Waals surface area contributed by atoms with Crippen LogP contribution in [0, 0.1) is 0 Å². The van der Waals surface area contributed by atoms with Crippen LogP contribution in [0.15, 0.2) is 5.11 Å². The molecule has 0 N–H and O–H groups in total. The largest absolute Gasteiger partial charge is 0.463 e. The molecule has 0 aliphatic carbocycles. The molecule has 0 aromatic heterocycles. The maximum absolute atomic E-state index is 11.4. The zero-order valence-corrected chi connectivity index (χ0v) is 14.6. The number of nitrogens with zero attached hydrogens (tertiary/aromatic N) is 3. The molecule has 0 saturated carbocycles. The minimum atomic E-state index is -1.46. The van der Waals surface area contributed by atoms with Crippen LogP contribution in [0.2, 0.25) is 0 Å². The molecule has 0 aromatic rings. The minimum absolute atomic E-state index is 0.380. The van der Waals surface area contributed by atoms with Gasteiger partial charge in [-0.1, -0.05) is 5.11 Å².